The zero-order valence-corrected chi connectivity index (χ0v) is 13.0. The highest BCUT2D eigenvalue weighted by Crippen LogP contribution is 2.23. The average Bonchev–Trinajstić information content (AvgIpc) is 2.53. The summed E-state index contributed by atoms with van der Waals surface area (Å²) in [5.41, 5.74) is 0. The van der Waals surface area contributed by atoms with E-state index in [4.69, 9.17) is 5.26 Å². The van der Waals surface area contributed by atoms with Crippen LogP contribution in [0.1, 0.15) is 12.8 Å². The number of nitriles is 1. The van der Waals surface area contributed by atoms with Crippen molar-refractivity contribution < 1.29 is 36.6 Å². The van der Waals surface area contributed by atoms with Gasteiger partial charge in [0.25, 0.3) is 0 Å². The first-order valence-electron chi connectivity index (χ1n) is 6.81. The van der Waals surface area contributed by atoms with Gasteiger partial charge >= 0.3 is 18.3 Å². The third-order valence-electron chi connectivity index (χ3n) is 2.86. The predicted molar refractivity (Wildman–Crippen MR) is 74.3 cm³/mol. The number of nitrogens with zero attached hydrogens (tertiary/aromatic N) is 2. The van der Waals surface area contributed by atoms with Gasteiger partial charge in [0.05, 0.1) is 6.61 Å². The van der Waals surface area contributed by atoms with Gasteiger partial charge in [0.15, 0.2) is 12.6 Å². The summed E-state index contributed by atoms with van der Waals surface area (Å²) in [5.74, 6) is -5.98. The Morgan fingerprint density at radius 3 is 2.54 bits per heavy atom. The number of halogens is 4. The molecule has 0 bridgehead atoms. The number of allylic oxidation sites excluding steroid dienone is 1. The molecule has 24 heavy (non-hydrogen) atoms. The summed E-state index contributed by atoms with van der Waals surface area (Å²) in [5, 5.41) is 8.37. The number of ether oxygens (including phenoxy) is 2. The first-order valence-corrected chi connectivity index (χ1v) is 6.81. The molecule has 10 heteroatoms. The number of alkyl halides is 4. The van der Waals surface area contributed by atoms with Crippen LogP contribution in [-0.4, -0.2) is 62.0 Å². The van der Waals surface area contributed by atoms with E-state index in [1.54, 1.807) is 0 Å². The smallest absolute Gasteiger partial charge is 0.332 e. The number of carbonyl (C=O) groups excluding carboxylic acids is 2. The molecule has 1 atom stereocenters. The van der Waals surface area contributed by atoms with Gasteiger partial charge in [-0.05, 0) is 6.42 Å². The Balaban J connectivity index is 4.87. The second-order valence-electron chi connectivity index (χ2n) is 4.69. The maximum absolute atomic E-state index is 12.8. The molecule has 0 rings (SSSR count). The van der Waals surface area contributed by atoms with Crippen LogP contribution in [0.4, 0.5) is 17.6 Å². The topological polar surface area (TPSA) is 79.6 Å². The van der Waals surface area contributed by atoms with Gasteiger partial charge in [-0.25, -0.2) is 13.6 Å². The van der Waals surface area contributed by atoms with E-state index in [2.05, 4.69) is 16.1 Å². The first kappa shape index (κ1) is 21.9. The monoisotopic (exact) mass is 354 g/mol. The lowest BCUT2D eigenvalue weighted by molar-refractivity contribution is -0.175. The SMILES string of the molecule is C=CCCC(=O)N(C)[C@@H](COCC(F)(F)C(F)F)C(=O)OCC#N. The van der Waals surface area contributed by atoms with Crippen molar-refractivity contribution in [2.24, 2.45) is 0 Å². The van der Waals surface area contributed by atoms with Gasteiger partial charge < -0.3 is 14.4 Å². The summed E-state index contributed by atoms with van der Waals surface area (Å²) in [6.45, 7) is 0.416. The van der Waals surface area contributed by atoms with Crippen molar-refractivity contribution in [3.05, 3.63) is 12.7 Å². The highest BCUT2D eigenvalue weighted by Gasteiger charge is 2.41. The van der Waals surface area contributed by atoms with Gasteiger partial charge in [-0.3, -0.25) is 4.79 Å². The molecule has 0 saturated carbocycles. The van der Waals surface area contributed by atoms with Crippen LogP contribution in [0.25, 0.3) is 0 Å². The van der Waals surface area contributed by atoms with Crippen molar-refractivity contribution in [1.82, 2.24) is 4.90 Å². The third kappa shape index (κ3) is 7.41. The Bertz CT molecular complexity index is 480. The van der Waals surface area contributed by atoms with Gasteiger partial charge in [0.2, 0.25) is 5.91 Å². The molecule has 0 fully saturated rings. The zero-order valence-electron chi connectivity index (χ0n) is 13.0. The molecule has 0 N–H and O–H groups in total. The Kier molecular flexibility index (Phi) is 9.64. The second kappa shape index (κ2) is 10.6. The maximum atomic E-state index is 12.8. The molecule has 0 unspecified atom stereocenters. The van der Waals surface area contributed by atoms with Gasteiger partial charge in [-0.15, -0.1) is 6.58 Å². The predicted octanol–water partition coefficient (Wildman–Crippen LogP) is 1.76. The second-order valence-corrected chi connectivity index (χ2v) is 4.69. The molecule has 0 spiro atoms. The van der Waals surface area contributed by atoms with Crippen LogP contribution in [0.3, 0.4) is 0 Å². The Hall–Kier alpha value is -2.15. The molecule has 0 radical (unpaired) electrons. The van der Waals surface area contributed by atoms with Crippen LogP contribution in [0.15, 0.2) is 12.7 Å². The standard InChI is InChI=1S/C14H18F4N2O4/c1-3-4-5-11(21)20(2)10(12(22)24-7-6-19)8-23-9-14(17,18)13(15)16/h3,10,13H,1,4-5,7-9H2,2H3/t10-/m0/s1. The summed E-state index contributed by atoms with van der Waals surface area (Å²) in [4.78, 5) is 24.6. The fraction of sp³-hybridized carbons (Fsp3) is 0.643. The summed E-state index contributed by atoms with van der Waals surface area (Å²) < 4.78 is 58.7. The molecule has 6 nitrogen and oxygen atoms in total. The van der Waals surface area contributed by atoms with E-state index in [1.807, 2.05) is 0 Å². The van der Waals surface area contributed by atoms with E-state index < -0.39 is 50.1 Å². The fourth-order valence-corrected chi connectivity index (χ4v) is 1.48. The number of carbonyl (C=O) groups is 2. The summed E-state index contributed by atoms with van der Waals surface area (Å²) >= 11 is 0. The molecule has 0 aliphatic heterocycles. The number of esters is 1. The van der Waals surface area contributed by atoms with Crippen LogP contribution >= 0.6 is 0 Å². The zero-order chi connectivity index (χ0) is 18.8. The largest absolute Gasteiger partial charge is 0.449 e. The molecular formula is C14H18F4N2O4. The molecule has 0 saturated heterocycles. The molecule has 0 aromatic rings. The first-order chi connectivity index (χ1) is 11.2. The van der Waals surface area contributed by atoms with Crippen LogP contribution in [-0.2, 0) is 19.1 Å². The molecule has 0 aliphatic rings. The minimum Gasteiger partial charge on any atom is -0.449 e. The number of hydrogen-bond donors (Lipinski definition) is 0. The molecule has 1 amide bonds. The number of hydrogen-bond acceptors (Lipinski definition) is 5. The van der Waals surface area contributed by atoms with Crippen LogP contribution in [0.5, 0.6) is 0 Å². The van der Waals surface area contributed by atoms with E-state index in [0.717, 1.165) is 4.90 Å². The summed E-state index contributed by atoms with van der Waals surface area (Å²) in [6.07, 6.45) is -2.15. The number of likely N-dealkylation sites (N-methyl/N-ethyl adjacent to an activating group) is 1. The lowest BCUT2D eigenvalue weighted by atomic mass is 10.2. The summed E-state index contributed by atoms with van der Waals surface area (Å²) in [7, 11) is 1.21. The third-order valence-corrected chi connectivity index (χ3v) is 2.86. The molecular weight excluding hydrogens is 336 g/mol. The van der Waals surface area contributed by atoms with Gasteiger partial charge in [0.1, 0.15) is 12.7 Å². The highest BCUT2D eigenvalue weighted by molar-refractivity contribution is 5.84. The minimum atomic E-state index is -4.38. The van der Waals surface area contributed by atoms with Gasteiger partial charge in [-0.2, -0.15) is 14.0 Å². The Labute approximate surface area is 136 Å². The van der Waals surface area contributed by atoms with Crippen molar-refractivity contribution >= 4 is 11.9 Å². The van der Waals surface area contributed by atoms with Crippen LogP contribution in [0, 0.1) is 11.3 Å². The maximum Gasteiger partial charge on any atom is 0.332 e. The summed E-state index contributed by atoms with van der Waals surface area (Å²) in [6, 6.07) is 0.0908. The lowest BCUT2D eigenvalue weighted by Crippen LogP contribution is -2.47. The van der Waals surface area contributed by atoms with Crippen molar-refractivity contribution in [1.29, 1.82) is 5.26 Å². The van der Waals surface area contributed by atoms with E-state index in [1.165, 1.54) is 19.2 Å². The van der Waals surface area contributed by atoms with Crippen LogP contribution < -0.4 is 0 Å². The van der Waals surface area contributed by atoms with E-state index >= 15 is 0 Å². The molecule has 0 aromatic carbocycles. The Morgan fingerprint density at radius 2 is 2.04 bits per heavy atom. The minimum absolute atomic E-state index is 0.00474. The molecule has 0 heterocycles. The van der Waals surface area contributed by atoms with Crippen LogP contribution in [0.2, 0.25) is 0 Å². The molecule has 0 aliphatic carbocycles. The van der Waals surface area contributed by atoms with Crippen molar-refractivity contribution in [3.63, 3.8) is 0 Å². The number of amides is 1. The molecule has 136 valence electrons. The Morgan fingerprint density at radius 1 is 1.42 bits per heavy atom. The highest BCUT2D eigenvalue weighted by atomic mass is 19.3. The van der Waals surface area contributed by atoms with Crippen molar-refractivity contribution in [2.45, 2.75) is 31.2 Å². The quantitative estimate of drug-likeness (QED) is 0.321. The van der Waals surface area contributed by atoms with Gasteiger partial charge in [0, 0.05) is 13.5 Å². The van der Waals surface area contributed by atoms with E-state index in [-0.39, 0.29) is 6.42 Å². The number of rotatable bonds is 11. The normalized spacial score (nSPS) is 12.4. The van der Waals surface area contributed by atoms with Crippen molar-refractivity contribution in [3.8, 4) is 6.07 Å². The molecule has 0 aromatic heterocycles. The van der Waals surface area contributed by atoms with E-state index in [9.17, 15) is 27.2 Å². The van der Waals surface area contributed by atoms with E-state index in [0.29, 0.717) is 6.42 Å². The van der Waals surface area contributed by atoms with Crippen molar-refractivity contribution in [2.75, 3.05) is 26.9 Å². The average molecular weight is 354 g/mol. The fourth-order valence-electron chi connectivity index (χ4n) is 1.48. The van der Waals surface area contributed by atoms with Gasteiger partial charge in [-0.1, -0.05) is 6.08 Å². The lowest BCUT2D eigenvalue weighted by Gasteiger charge is -2.27.